The van der Waals surface area contributed by atoms with Crippen LogP contribution in [-0.4, -0.2) is 22.8 Å². The molecule has 2 fully saturated rings. The molecule has 0 bridgehead atoms. The highest BCUT2D eigenvalue weighted by atomic mass is 32.2. The molecule has 19 heavy (non-hydrogen) atoms. The summed E-state index contributed by atoms with van der Waals surface area (Å²) < 4.78 is 0. The van der Waals surface area contributed by atoms with Gasteiger partial charge in [0.15, 0.2) is 0 Å². The van der Waals surface area contributed by atoms with E-state index in [0.29, 0.717) is 5.92 Å². The number of hydrogen-bond acceptors (Lipinski definition) is 4. The Balaban J connectivity index is 1.75. The number of hydrogen-bond donors (Lipinski definition) is 1. The summed E-state index contributed by atoms with van der Waals surface area (Å²) in [5.41, 5.74) is 1.22. The first-order valence-corrected chi connectivity index (χ1v) is 8.45. The second kappa shape index (κ2) is 5.70. The Labute approximate surface area is 120 Å². The zero-order valence-corrected chi connectivity index (χ0v) is 12.7. The molecular weight excluding hydrogens is 254 g/mol. The molecule has 0 aliphatic heterocycles. The van der Waals surface area contributed by atoms with E-state index < -0.39 is 0 Å². The minimum absolute atomic E-state index is 0.624. The van der Waals surface area contributed by atoms with Gasteiger partial charge in [-0.05, 0) is 38.5 Å². The molecule has 1 N–H and O–H groups in total. The quantitative estimate of drug-likeness (QED) is 0.652. The number of anilines is 1. The second-order valence-corrected chi connectivity index (χ2v) is 6.86. The van der Waals surface area contributed by atoms with Crippen LogP contribution in [0.15, 0.2) is 5.03 Å². The lowest BCUT2D eigenvalue weighted by molar-refractivity contribution is 0.622. The summed E-state index contributed by atoms with van der Waals surface area (Å²) in [7, 11) is 1.96. The maximum Gasteiger partial charge on any atom is 0.135 e. The van der Waals surface area contributed by atoms with E-state index in [9.17, 15) is 0 Å². The molecule has 2 aliphatic carbocycles. The first-order valence-electron chi connectivity index (χ1n) is 7.47. The minimum atomic E-state index is 0.624. The second-order valence-electron chi connectivity index (χ2n) is 5.85. The SMILES string of the molecule is CNc1nc(C2CC2)nc(SCC2CCCC2)c1C. The van der Waals surface area contributed by atoms with Gasteiger partial charge in [0.05, 0.1) is 0 Å². The molecule has 4 heteroatoms. The fourth-order valence-corrected chi connectivity index (χ4v) is 3.99. The van der Waals surface area contributed by atoms with Crippen molar-refractivity contribution in [1.82, 2.24) is 9.97 Å². The maximum absolute atomic E-state index is 4.82. The summed E-state index contributed by atoms with van der Waals surface area (Å²) in [5, 5.41) is 4.42. The summed E-state index contributed by atoms with van der Waals surface area (Å²) in [6.45, 7) is 2.14. The van der Waals surface area contributed by atoms with E-state index in [0.717, 1.165) is 17.6 Å². The lowest BCUT2D eigenvalue weighted by atomic mass is 10.1. The van der Waals surface area contributed by atoms with Gasteiger partial charge in [-0.2, -0.15) is 0 Å². The molecule has 1 aromatic rings. The van der Waals surface area contributed by atoms with Gasteiger partial charge in [0.1, 0.15) is 16.7 Å². The van der Waals surface area contributed by atoms with Crippen molar-refractivity contribution in [2.45, 2.75) is 56.4 Å². The first-order chi connectivity index (χ1) is 9.28. The molecule has 3 rings (SSSR count). The van der Waals surface area contributed by atoms with Crippen LogP contribution in [0.3, 0.4) is 0 Å². The van der Waals surface area contributed by atoms with E-state index in [1.807, 2.05) is 18.8 Å². The van der Waals surface area contributed by atoms with Crippen molar-refractivity contribution in [2.24, 2.45) is 5.92 Å². The largest absolute Gasteiger partial charge is 0.373 e. The van der Waals surface area contributed by atoms with Crippen molar-refractivity contribution in [2.75, 3.05) is 18.1 Å². The lowest BCUT2D eigenvalue weighted by Crippen LogP contribution is -2.05. The third-order valence-corrected chi connectivity index (χ3v) is 5.54. The minimum Gasteiger partial charge on any atom is -0.373 e. The van der Waals surface area contributed by atoms with Crippen LogP contribution in [0.25, 0.3) is 0 Å². The number of rotatable bonds is 5. The summed E-state index contributed by atoms with van der Waals surface area (Å²) in [6.07, 6.45) is 8.18. The van der Waals surface area contributed by atoms with Gasteiger partial charge in [-0.1, -0.05) is 12.8 Å². The van der Waals surface area contributed by atoms with E-state index in [4.69, 9.17) is 4.98 Å². The molecule has 1 aromatic heterocycles. The van der Waals surface area contributed by atoms with Crippen molar-refractivity contribution in [3.05, 3.63) is 11.4 Å². The molecule has 0 atom stereocenters. The van der Waals surface area contributed by atoms with Crippen molar-refractivity contribution >= 4 is 17.6 Å². The number of nitrogens with zero attached hydrogens (tertiary/aromatic N) is 2. The van der Waals surface area contributed by atoms with Crippen LogP contribution in [0.1, 0.15) is 55.8 Å². The van der Waals surface area contributed by atoms with Crippen LogP contribution >= 0.6 is 11.8 Å². The average molecular weight is 277 g/mol. The topological polar surface area (TPSA) is 37.8 Å². The standard InChI is InChI=1S/C15H23N3S/c1-10-13(16-2)17-14(12-7-8-12)18-15(10)19-9-11-5-3-4-6-11/h11-12H,3-9H2,1-2H3,(H,16,17,18). The van der Waals surface area contributed by atoms with Crippen molar-refractivity contribution in [3.8, 4) is 0 Å². The zero-order valence-electron chi connectivity index (χ0n) is 11.9. The summed E-state index contributed by atoms with van der Waals surface area (Å²) >= 11 is 1.94. The van der Waals surface area contributed by atoms with Crippen LogP contribution in [0, 0.1) is 12.8 Å². The van der Waals surface area contributed by atoms with Gasteiger partial charge in [-0.15, -0.1) is 11.8 Å². The molecule has 2 aliphatic rings. The highest BCUT2D eigenvalue weighted by Gasteiger charge is 2.28. The summed E-state index contributed by atoms with van der Waals surface area (Å²) in [5.74, 6) is 4.83. The van der Waals surface area contributed by atoms with Gasteiger partial charge in [0, 0.05) is 24.3 Å². The Hall–Kier alpha value is -0.770. The van der Waals surface area contributed by atoms with Crippen LogP contribution in [0.2, 0.25) is 0 Å². The van der Waals surface area contributed by atoms with E-state index in [1.54, 1.807) is 0 Å². The first kappa shape index (κ1) is 13.2. The fourth-order valence-electron chi connectivity index (χ4n) is 2.79. The third-order valence-electron chi connectivity index (χ3n) is 4.23. The monoisotopic (exact) mass is 277 g/mol. The Morgan fingerprint density at radius 2 is 1.89 bits per heavy atom. The number of thioether (sulfide) groups is 1. The Morgan fingerprint density at radius 1 is 1.16 bits per heavy atom. The molecule has 0 unspecified atom stereocenters. The van der Waals surface area contributed by atoms with Gasteiger partial charge < -0.3 is 5.32 Å². The normalized spacial score (nSPS) is 19.9. The van der Waals surface area contributed by atoms with Gasteiger partial charge in [0.25, 0.3) is 0 Å². The highest BCUT2D eigenvalue weighted by Crippen LogP contribution is 2.40. The molecule has 0 amide bonds. The molecule has 0 spiro atoms. The molecule has 1 heterocycles. The van der Waals surface area contributed by atoms with Crippen LogP contribution < -0.4 is 5.32 Å². The van der Waals surface area contributed by atoms with Gasteiger partial charge in [-0.25, -0.2) is 9.97 Å². The smallest absolute Gasteiger partial charge is 0.135 e. The molecule has 0 aromatic carbocycles. The third kappa shape index (κ3) is 3.04. The van der Waals surface area contributed by atoms with Crippen molar-refractivity contribution in [1.29, 1.82) is 0 Å². The van der Waals surface area contributed by atoms with Crippen LogP contribution in [0.5, 0.6) is 0 Å². The average Bonchev–Trinajstić information content (AvgIpc) is 3.14. The molecule has 104 valence electrons. The Kier molecular flexibility index (Phi) is 3.96. The van der Waals surface area contributed by atoms with Crippen molar-refractivity contribution in [3.63, 3.8) is 0 Å². The predicted octanol–water partition coefficient (Wildman–Crippen LogP) is 3.99. The van der Waals surface area contributed by atoms with Gasteiger partial charge in [-0.3, -0.25) is 0 Å². The Morgan fingerprint density at radius 3 is 2.53 bits per heavy atom. The van der Waals surface area contributed by atoms with Crippen LogP contribution in [0.4, 0.5) is 5.82 Å². The van der Waals surface area contributed by atoms with E-state index in [1.165, 1.54) is 54.9 Å². The van der Waals surface area contributed by atoms with E-state index in [2.05, 4.69) is 17.2 Å². The molecule has 3 nitrogen and oxygen atoms in total. The van der Waals surface area contributed by atoms with E-state index >= 15 is 0 Å². The predicted molar refractivity (Wildman–Crippen MR) is 81.0 cm³/mol. The van der Waals surface area contributed by atoms with Crippen LogP contribution in [-0.2, 0) is 0 Å². The highest BCUT2D eigenvalue weighted by molar-refractivity contribution is 7.99. The molecular formula is C15H23N3S. The fraction of sp³-hybridized carbons (Fsp3) is 0.733. The number of aromatic nitrogens is 2. The number of nitrogens with one attached hydrogen (secondary N) is 1. The molecule has 2 saturated carbocycles. The molecule has 0 radical (unpaired) electrons. The van der Waals surface area contributed by atoms with E-state index in [-0.39, 0.29) is 0 Å². The zero-order chi connectivity index (χ0) is 13.2. The van der Waals surface area contributed by atoms with Gasteiger partial charge in [0.2, 0.25) is 0 Å². The van der Waals surface area contributed by atoms with Gasteiger partial charge >= 0.3 is 0 Å². The maximum atomic E-state index is 4.82. The summed E-state index contributed by atoms with van der Waals surface area (Å²) in [6, 6.07) is 0. The lowest BCUT2D eigenvalue weighted by Gasteiger charge is -2.13. The van der Waals surface area contributed by atoms with Crippen molar-refractivity contribution < 1.29 is 0 Å². The summed E-state index contributed by atoms with van der Waals surface area (Å²) in [4.78, 5) is 9.47. The molecule has 0 saturated heterocycles. The Bertz CT molecular complexity index is 451.